The zero-order chi connectivity index (χ0) is 19.5. The van der Waals surface area contributed by atoms with Crippen LogP contribution >= 0.6 is 0 Å². The fourth-order valence-corrected chi connectivity index (χ4v) is 3.77. The molecule has 140 valence electrons. The van der Waals surface area contributed by atoms with Gasteiger partial charge in [-0.1, -0.05) is 18.2 Å². The molecule has 0 bridgehead atoms. The molecule has 7 heteroatoms. The molecule has 2 aromatic rings. The fraction of sp³-hybridized carbons (Fsp3) is 0.316. The van der Waals surface area contributed by atoms with Crippen LogP contribution in [0.3, 0.4) is 0 Å². The molecule has 0 spiro atoms. The summed E-state index contributed by atoms with van der Waals surface area (Å²) in [6.45, 7) is 7.32. The van der Waals surface area contributed by atoms with Gasteiger partial charge in [0.25, 0.3) is 15.9 Å². The number of ether oxygens (including phenoxy) is 1. The largest absolute Gasteiger partial charge is 0.496 e. The first-order valence-electron chi connectivity index (χ1n) is 8.23. The lowest BCUT2D eigenvalue weighted by molar-refractivity contribution is 0.0940. The molecule has 6 nitrogen and oxygen atoms in total. The van der Waals surface area contributed by atoms with E-state index in [4.69, 9.17) is 4.74 Å². The topological polar surface area (TPSA) is 84.5 Å². The maximum atomic E-state index is 12.8. The van der Waals surface area contributed by atoms with Crippen molar-refractivity contribution >= 4 is 21.6 Å². The number of sulfonamides is 1. The normalized spacial score (nSPS) is 11.3. The van der Waals surface area contributed by atoms with Crippen molar-refractivity contribution in [1.29, 1.82) is 0 Å². The maximum Gasteiger partial charge on any atom is 0.261 e. The Hall–Kier alpha value is -2.54. The van der Waals surface area contributed by atoms with E-state index in [-0.39, 0.29) is 22.4 Å². The van der Waals surface area contributed by atoms with E-state index in [2.05, 4.69) is 10.0 Å². The van der Waals surface area contributed by atoms with Crippen LogP contribution in [-0.2, 0) is 10.0 Å². The highest BCUT2D eigenvalue weighted by Gasteiger charge is 2.21. The molecule has 2 N–H and O–H groups in total. The second-order valence-corrected chi connectivity index (χ2v) is 8.04. The highest BCUT2D eigenvalue weighted by Crippen LogP contribution is 2.26. The van der Waals surface area contributed by atoms with Crippen molar-refractivity contribution in [3.05, 3.63) is 53.1 Å². The SMILES string of the molecule is COc1ccc(S(=O)(=O)Nc2c(C)cccc2C)cc1C(=O)NC(C)C. The van der Waals surface area contributed by atoms with Gasteiger partial charge in [-0.15, -0.1) is 0 Å². The predicted molar refractivity (Wildman–Crippen MR) is 102 cm³/mol. The zero-order valence-electron chi connectivity index (χ0n) is 15.6. The molecule has 0 aliphatic rings. The van der Waals surface area contributed by atoms with Gasteiger partial charge in [0.15, 0.2) is 0 Å². The molecule has 0 saturated heterocycles. The van der Waals surface area contributed by atoms with Crippen molar-refractivity contribution in [2.75, 3.05) is 11.8 Å². The molecule has 0 aromatic heterocycles. The van der Waals surface area contributed by atoms with E-state index in [0.717, 1.165) is 11.1 Å². The number of rotatable bonds is 6. The van der Waals surface area contributed by atoms with Crippen LogP contribution in [-0.4, -0.2) is 27.5 Å². The van der Waals surface area contributed by atoms with E-state index >= 15 is 0 Å². The smallest absolute Gasteiger partial charge is 0.261 e. The van der Waals surface area contributed by atoms with E-state index in [9.17, 15) is 13.2 Å². The quantitative estimate of drug-likeness (QED) is 0.810. The lowest BCUT2D eigenvalue weighted by atomic mass is 10.1. The minimum Gasteiger partial charge on any atom is -0.496 e. The van der Waals surface area contributed by atoms with Gasteiger partial charge in [-0.25, -0.2) is 8.42 Å². The first-order valence-corrected chi connectivity index (χ1v) is 9.72. The summed E-state index contributed by atoms with van der Waals surface area (Å²) in [5.41, 5.74) is 2.35. The van der Waals surface area contributed by atoms with Gasteiger partial charge in [0.1, 0.15) is 5.75 Å². The molecule has 0 radical (unpaired) electrons. The fourth-order valence-electron chi connectivity index (χ4n) is 2.54. The summed E-state index contributed by atoms with van der Waals surface area (Å²) < 4.78 is 33.4. The van der Waals surface area contributed by atoms with E-state index in [0.29, 0.717) is 11.4 Å². The first-order chi connectivity index (χ1) is 12.2. The number of carbonyl (C=O) groups excluding carboxylic acids is 1. The number of hydrogen-bond donors (Lipinski definition) is 2. The number of benzene rings is 2. The minimum absolute atomic E-state index is 0.00476. The Morgan fingerprint density at radius 1 is 1.08 bits per heavy atom. The molecule has 26 heavy (non-hydrogen) atoms. The van der Waals surface area contributed by atoms with Crippen LogP contribution in [0.15, 0.2) is 41.3 Å². The Bertz CT molecular complexity index is 901. The number of amides is 1. The minimum atomic E-state index is -3.85. The van der Waals surface area contributed by atoms with Crippen molar-refractivity contribution in [2.24, 2.45) is 0 Å². The maximum absolute atomic E-state index is 12.8. The van der Waals surface area contributed by atoms with E-state index in [1.165, 1.54) is 25.3 Å². The Kier molecular flexibility index (Phi) is 5.92. The van der Waals surface area contributed by atoms with Crippen LogP contribution in [0.5, 0.6) is 5.75 Å². The molecule has 0 fully saturated rings. The van der Waals surface area contributed by atoms with Crippen LogP contribution in [0, 0.1) is 13.8 Å². The number of anilines is 1. The number of nitrogens with one attached hydrogen (secondary N) is 2. The molecule has 0 saturated carbocycles. The molecule has 0 unspecified atom stereocenters. The van der Waals surface area contributed by atoms with Gasteiger partial charge in [-0.2, -0.15) is 0 Å². The average molecular weight is 376 g/mol. The number of aryl methyl sites for hydroxylation is 2. The second kappa shape index (κ2) is 7.78. The van der Waals surface area contributed by atoms with Crippen molar-refractivity contribution in [1.82, 2.24) is 5.32 Å². The van der Waals surface area contributed by atoms with E-state index in [1.807, 2.05) is 45.9 Å². The van der Waals surface area contributed by atoms with Crippen LogP contribution < -0.4 is 14.8 Å². The second-order valence-electron chi connectivity index (χ2n) is 6.36. The molecule has 1 amide bonds. The van der Waals surface area contributed by atoms with Crippen molar-refractivity contribution in [3.8, 4) is 5.75 Å². The average Bonchev–Trinajstić information content (AvgIpc) is 2.57. The Balaban J connectivity index is 2.45. The highest BCUT2D eigenvalue weighted by atomic mass is 32.2. The summed E-state index contributed by atoms with van der Waals surface area (Å²) >= 11 is 0. The lowest BCUT2D eigenvalue weighted by Crippen LogP contribution is -2.30. The van der Waals surface area contributed by atoms with Crippen molar-refractivity contribution < 1.29 is 17.9 Å². The third kappa shape index (κ3) is 4.35. The standard InChI is InChI=1S/C19H24N2O4S/c1-12(2)20-19(22)16-11-15(9-10-17(16)25-5)26(23,24)21-18-13(3)7-6-8-14(18)4/h6-12,21H,1-5H3,(H,20,22). The molecule has 2 aromatic carbocycles. The van der Waals surface area contributed by atoms with Gasteiger partial charge in [-0.3, -0.25) is 9.52 Å². The van der Waals surface area contributed by atoms with Gasteiger partial charge in [0.05, 0.1) is 23.3 Å². The van der Waals surface area contributed by atoms with Gasteiger partial charge >= 0.3 is 0 Å². The third-order valence-corrected chi connectivity index (χ3v) is 5.21. The number of hydrogen-bond acceptors (Lipinski definition) is 4. The summed E-state index contributed by atoms with van der Waals surface area (Å²) in [5, 5.41) is 2.75. The molecule has 0 atom stereocenters. The third-order valence-electron chi connectivity index (χ3n) is 3.86. The van der Waals surface area contributed by atoms with E-state index in [1.54, 1.807) is 0 Å². The summed E-state index contributed by atoms with van der Waals surface area (Å²) in [5.74, 6) is -0.0739. The van der Waals surface area contributed by atoms with Gasteiger partial charge < -0.3 is 10.1 Å². The summed E-state index contributed by atoms with van der Waals surface area (Å²) in [6.07, 6.45) is 0. The van der Waals surface area contributed by atoms with Crippen molar-refractivity contribution in [2.45, 2.75) is 38.6 Å². The number of para-hydroxylation sites is 1. The van der Waals surface area contributed by atoms with Crippen LogP contribution in [0.2, 0.25) is 0 Å². The predicted octanol–water partition coefficient (Wildman–Crippen LogP) is 3.25. The lowest BCUT2D eigenvalue weighted by Gasteiger charge is -2.15. The molecular weight excluding hydrogens is 352 g/mol. The monoisotopic (exact) mass is 376 g/mol. The summed E-state index contributed by atoms with van der Waals surface area (Å²) in [4.78, 5) is 12.4. The Morgan fingerprint density at radius 3 is 2.23 bits per heavy atom. The van der Waals surface area contributed by atoms with Crippen LogP contribution in [0.4, 0.5) is 5.69 Å². The Labute approximate surface area is 154 Å². The number of methoxy groups -OCH3 is 1. The van der Waals surface area contributed by atoms with Gasteiger partial charge in [-0.05, 0) is 57.0 Å². The zero-order valence-corrected chi connectivity index (χ0v) is 16.4. The molecule has 0 heterocycles. The molecule has 0 aliphatic heterocycles. The van der Waals surface area contributed by atoms with Crippen molar-refractivity contribution in [3.63, 3.8) is 0 Å². The van der Waals surface area contributed by atoms with E-state index < -0.39 is 10.0 Å². The summed E-state index contributed by atoms with van der Waals surface area (Å²) in [7, 11) is -2.42. The molecule has 0 aliphatic carbocycles. The highest BCUT2D eigenvalue weighted by molar-refractivity contribution is 7.92. The Morgan fingerprint density at radius 2 is 1.69 bits per heavy atom. The molecular formula is C19H24N2O4S. The first kappa shape index (κ1) is 19.8. The van der Waals surface area contributed by atoms with Crippen LogP contribution in [0.1, 0.15) is 35.3 Å². The van der Waals surface area contributed by atoms with Gasteiger partial charge in [0, 0.05) is 6.04 Å². The van der Waals surface area contributed by atoms with Crippen LogP contribution in [0.25, 0.3) is 0 Å². The van der Waals surface area contributed by atoms with Gasteiger partial charge in [0.2, 0.25) is 0 Å². The summed E-state index contributed by atoms with van der Waals surface area (Å²) in [6, 6.07) is 9.67. The molecule has 2 rings (SSSR count). The number of carbonyl (C=O) groups is 1.